The number of ether oxygens (including phenoxy) is 1. The Labute approximate surface area is 139 Å². The normalized spacial score (nSPS) is 11.3. The Hall–Kier alpha value is -1.36. The summed E-state index contributed by atoms with van der Waals surface area (Å²) in [5, 5.41) is 0. The molecule has 0 aliphatic rings. The Morgan fingerprint density at radius 1 is 1.05 bits per heavy atom. The van der Waals surface area contributed by atoms with Gasteiger partial charge < -0.3 is 4.74 Å². The largest absolute Gasteiger partial charge is 0.496 e. The Morgan fingerprint density at radius 3 is 2.19 bits per heavy atom. The zero-order valence-electron chi connectivity index (χ0n) is 12.7. The number of rotatable bonds is 3. The molecule has 21 heavy (non-hydrogen) atoms. The van der Waals surface area contributed by atoms with Crippen molar-refractivity contribution in [2.24, 2.45) is 0 Å². The van der Waals surface area contributed by atoms with Gasteiger partial charge in [-0.25, -0.2) is 0 Å². The van der Waals surface area contributed by atoms with Crippen molar-refractivity contribution < 1.29 is 9.53 Å². The topological polar surface area (TPSA) is 26.3 Å². The monoisotopic (exact) mass is 394 g/mol. The van der Waals surface area contributed by atoms with Crippen LogP contribution in [-0.4, -0.2) is 12.9 Å². The highest BCUT2D eigenvalue weighted by Gasteiger charge is 2.17. The minimum atomic E-state index is -0.00850. The van der Waals surface area contributed by atoms with Crippen LogP contribution >= 0.6 is 22.6 Å². The van der Waals surface area contributed by atoms with Crippen molar-refractivity contribution in [3.63, 3.8) is 0 Å². The molecule has 2 rings (SSSR count). The lowest BCUT2D eigenvalue weighted by Crippen LogP contribution is -2.11. The maximum absolute atomic E-state index is 12.7. The fourth-order valence-electron chi connectivity index (χ4n) is 2.13. The quantitative estimate of drug-likeness (QED) is 0.551. The molecule has 0 bridgehead atoms. The number of ketones is 1. The first-order valence-electron chi connectivity index (χ1n) is 6.81. The van der Waals surface area contributed by atoms with E-state index in [4.69, 9.17) is 4.74 Å². The van der Waals surface area contributed by atoms with Crippen LogP contribution in [0, 0.1) is 3.57 Å². The molecule has 110 valence electrons. The third-order valence-corrected chi connectivity index (χ3v) is 4.09. The van der Waals surface area contributed by atoms with Crippen LogP contribution in [0.15, 0.2) is 42.5 Å². The van der Waals surface area contributed by atoms with Crippen LogP contribution in [0.4, 0.5) is 0 Å². The fraction of sp³-hybridized carbons (Fsp3) is 0.278. The molecule has 0 amide bonds. The van der Waals surface area contributed by atoms with Crippen molar-refractivity contribution in [1.29, 1.82) is 0 Å². The van der Waals surface area contributed by atoms with E-state index in [0.29, 0.717) is 16.9 Å². The van der Waals surface area contributed by atoms with Crippen LogP contribution in [-0.2, 0) is 5.41 Å². The molecule has 0 radical (unpaired) electrons. The molecule has 0 spiro atoms. The number of benzene rings is 2. The summed E-state index contributed by atoms with van der Waals surface area (Å²) in [5.74, 6) is 0.603. The van der Waals surface area contributed by atoms with E-state index >= 15 is 0 Å². The standard InChI is InChI=1S/C18H19IO2/c1-18(2,3)13-7-5-12(6-8-13)17(20)15-11-14(19)9-10-16(15)21-4/h5-11H,1-4H3. The van der Waals surface area contributed by atoms with Gasteiger partial charge in [-0.15, -0.1) is 0 Å². The first-order chi connectivity index (χ1) is 9.82. The smallest absolute Gasteiger partial charge is 0.196 e. The van der Waals surface area contributed by atoms with Gasteiger partial charge in [0.25, 0.3) is 0 Å². The van der Waals surface area contributed by atoms with Crippen LogP contribution in [0.25, 0.3) is 0 Å². The van der Waals surface area contributed by atoms with Crippen LogP contribution in [0.2, 0.25) is 0 Å². The number of carbonyl (C=O) groups excluding carboxylic acids is 1. The minimum absolute atomic E-state index is 0.00850. The lowest BCUT2D eigenvalue weighted by Gasteiger charge is -2.19. The SMILES string of the molecule is COc1ccc(I)cc1C(=O)c1ccc(C(C)(C)C)cc1. The number of carbonyl (C=O) groups is 1. The van der Waals surface area contributed by atoms with Crippen LogP contribution in [0.3, 0.4) is 0 Å². The van der Waals surface area contributed by atoms with Crippen molar-refractivity contribution in [1.82, 2.24) is 0 Å². The van der Waals surface area contributed by atoms with Gasteiger partial charge in [-0.05, 0) is 51.8 Å². The molecule has 0 fully saturated rings. The molecule has 0 saturated heterocycles. The lowest BCUT2D eigenvalue weighted by molar-refractivity contribution is 0.103. The Morgan fingerprint density at radius 2 is 1.67 bits per heavy atom. The second-order valence-corrected chi connectivity index (χ2v) is 7.25. The highest BCUT2D eigenvalue weighted by Crippen LogP contribution is 2.26. The molecule has 0 atom stereocenters. The Bertz CT molecular complexity index is 652. The van der Waals surface area contributed by atoms with Gasteiger partial charge in [0.2, 0.25) is 0 Å². The molecule has 0 unspecified atom stereocenters. The van der Waals surface area contributed by atoms with E-state index in [-0.39, 0.29) is 11.2 Å². The summed E-state index contributed by atoms with van der Waals surface area (Å²) in [6.07, 6.45) is 0. The summed E-state index contributed by atoms with van der Waals surface area (Å²) in [6.45, 7) is 6.48. The first kappa shape index (κ1) is 16.0. The highest BCUT2D eigenvalue weighted by molar-refractivity contribution is 14.1. The van der Waals surface area contributed by atoms with E-state index in [1.54, 1.807) is 7.11 Å². The molecule has 0 aliphatic heterocycles. The van der Waals surface area contributed by atoms with E-state index in [1.165, 1.54) is 5.56 Å². The molecule has 0 aromatic heterocycles. The van der Waals surface area contributed by atoms with Crippen LogP contribution in [0.5, 0.6) is 5.75 Å². The molecule has 3 heteroatoms. The summed E-state index contributed by atoms with van der Waals surface area (Å²) in [6, 6.07) is 13.4. The molecule has 0 heterocycles. The van der Waals surface area contributed by atoms with Gasteiger partial charge in [0.05, 0.1) is 12.7 Å². The minimum Gasteiger partial charge on any atom is -0.496 e. The zero-order chi connectivity index (χ0) is 15.6. The summed E-state index contributed by atoms with van der Waals surface area (Å²) in [5.41, 5.74) is 2.59. The van der Waals surface area contributed by atoms with Gasteiger partial charge in [-0.2, -0.15) is 0 Å². The van der Waals surface area contributed by atoms with Crippen molar-refractivity contribution >= 4 is 28.4 Å². The Kier molecular flexibility index (Phi) is 4.71. The van der Waals surface area contributed by atoms with Crippen molar-refractivity contribution in [2.75, 3.05) is 7.11 Å². The summed E-state index contributed by atoms with van der Waals surface area (Å²) < 4.78 is 6.31. The van der Waals surface area contributed by atoms with E-state index in [1.807, 2.05) is 42.5 Å². The molecule has 0 N–H and O–H groups in total. The predicted octanol–water partition coefficient (Wildman–Crippen LogP) is 4.83. The van der Waals surface area contributed by atoms with Crippen molar-refractivity contribution in [3.05, 3.63) is 62.7 Å². The summed E-state index contributed by atoms with van der Waals surface area (Å²) >= 11 is 2.20. The third-order valence-electron chi connectivity index (χ3n) is 3.42. The second-order valence-electron chi connectivity index (χ2n) is 6.00. The van der Waals surface area contributed by atoms with Crippen LogP contribution < -0.4 is 4.74 Å². The maximum Gasteiger partial charge on any atom is 0.196 e. The molecule has 0 saturated carbocycles. The molecule has 2 aromatic carbocycles. The Balaban J connectivity index is 2.39. The molecular formula is C18H19IO2. The van der Waals surface area contributed by atoms with E-state index in [0.717, 1.165) is 3.57 Å². The van der Waals surface area contributed by atoms with Gasteiger partial charge in [0, 0.05) is 9.13 Å². The number of methoxy groups -OCH3 is 1. The summed E-state index contributed by atoms with van der Waals surface area (Å²) in [4.78, 5) is 12.7. The first-order valence-corrected chi connectivity index (χ1v) is 7.89. The number of halogens is 1. The molecule has 2 nitrogen and oxygen atoms in total. The second kappa shape index (κ2) is 6.18. The van der Waals surface area contributed by atoms with Crippen LogP contribution in [0.1, 0.15) is 42.3 Å². The van der Waals surface area contributed by atoms with Gasteiger partial charge in [0.15, 0.2) is 5.78 Å². The highest BCUT2D eigenvalue weighted by atomic mass is 127. The van der Waals surface area contributed by atoms with E-state index in [2.05, 4.69) is 43.4 Å². The zero-order valence-corrected chi connectivity index (χ0v) is 14.9. The maximum atomic E-state index is 12.7. The van der Waals surface area contributed by atoms with Crippen molar-refractivity contribution in [2.45, 2.75) is 26.2 Å². The van der Waals surface area contributed by atoms with Gasteiger partial charge in [-0.3, -0.25) is 4.79 Å². The van der Waals surface area contributed by atoms with E-state index in [9.17, 15) is 4.79 Å². The lowest BCUT2D eigenvalue weighted by atomic mass is 9.86. The molecule has 2 aromatic rings. The molecule has 0 aliphatic carbocycles. The number of hydrogen-bond acceptors (Lipinski definition) is 2. The van der Waals surface area contributed by atoms with Gasteiger partial charge in [-0.1, -0.05) is 45.0 Å². The van der Waals surface area contributed by atoms with Crippen molar-refractivity contribution in [3.8, 4) is 5.75 Å². The fourth-order valence-corrected chi connectivity index (χ4v) is 2.63. The third kappa shape index (κ3) is 3.64. The predicted molar refractivity (Wildman–Crippen MR) is 94.3 cm³/mol. The van der Waals surface area contributed by atoms with Gasteiger partial charge >= 0.3 is 0 Å². The van der Waals surface area contributed by atoms with E-state index < -0.39 is 0 Å². The average molecular weight is 394 g/mol. The number of hydrogen-bond donors (Lipinski definition) is 0. The summed E-state index contributed by atoms with van der Waals surface area (Å²) in [7, 11) is 1.58. The average Bonchev–Trinajstić information content (AvgIpc) is 2.45. The molecular weight excluding hydrogens is 375 g/mol. The van der Waals surface area contributed by atoms with Gasteiger partial charge in [0.1, 0.15) is 5.75 Å².